The van der Waals surface area contributed by atoms with E-state index >= 15 is 0 Å². The summed E-state index contributed by atoms with van der Waals surface area (Å²) in [5, 5.41) is 57.8. The summed E-state index contributed by atoms with van der Waals surface area (Å²) < 4.78 is 6.24. The number of benzene rings is 2. The smallest absolute Gasteiger partial charge is 0.314 e. The van der Waals surface area contributed by atoms with Crippen LogP contribution in [0.2, 0.25) is 10.0 Å². The highest BCUT2D eigenvalue weighted by Crippen LogP contribution is 2.50. The van der Waals surface area contributed by atoms with Gasteiger partial charge in [-0.1, -0.05) is 47.8 Å². The molecule has 1 heterocycles. The van der Waals surface area contributed by atoms with Crippen molar-refractivity contribution < 1.29 is 35.1 Å². The molecule has 5 rings (SSSR count). The largest absolute Gasteiger partial charge is 0.490 e. The normalized spacial score (nSPS) is 17.2. The zero-order valence-corrected chi connectivity index (χ0v) is 30.1. The first-order valence-electron chi connectivity index (χ1n) is 16.9. The Morgan fingerprint density at radius 3 is 2.34 bits per heavy atom. The minimum atomic E-state index is -1.75. The molecule has 0 bridgehead atoms. The van der Waals surface area contributed by atoms with Crippen molar-refractivity contribution in [3.05, 3.63) is 81.6 Å². The third kappa shape index (κ3) is 10.7. The maximum atomic E-state index is 12.0. The molecule has 3 aromatic rings. The lowest BCUT2D eigenvalue weighted by Gasteiger charge is -2.25. The number of aryl methyl sites for hydroxylation is 1. The highest BCUT2D eigenvalue weighted by atomic mass is 35.5. The number of ether oxygens (including phenoxy) is 1. The quantitative estimate of drug-likeness (QED) is 0.0833. The predicted octanol–water partition coefficient (Wildman–Crippen LogP) is 4.25. The molecule has 2 amide bonds. The molecule has 0 spiro atoms. The highest BCUT2D eigenvalue weighted by molar-refractivity contribution is 6.34. The predicted molar refractivity (Wildman–Crippen MR) is 195 cm³/mol. The van der Waals surface area contributed by atoms with Crippen molar-refractivity contribution in [2.24, 2.45) is 0 Å². The molecule has 1 aromatic heterocycles. The Balaban J connectivity index is 0.00000562. The minimum absolute atomic E-state index is 0. The van der Waals surface area contributed by atoms with Crippen LogP contribution in [0.4, 0.5) is 4.79 Å². The van der Waals surface area contributed by atoms with Gasteiger partial charge in [-0.25, -0.2) is 4.79 Å². The van der Waals surface area contributed by atoms with Gasteiger partial charge < -0.3 is 46.2 Å². The second kappa shape index (κ2) is 18.7. The number of rotatable bonds is 19. The Hall–Kier alpha value is -2.71. The highest BCUT2D eigenvalue weighted by Gasteiger charge is 2.46. The molecule has 2 aromatic carbocycles. The maximum absolute atomic E-state index is 12.0. The monoisotopic (exact) mass is 752 g/mol. The van der Waals surface area contributed by atoms with Crippen molar-refractivity contribution in [2.75, 3.05) is 19.7 Å². The van der Waals surface area contributed by atoms with Crippen LogP contribution in [-0.4, -0.2) is 86.8 Å². The number of hydrogen-bond acceptors (Lipinski definition) is 9. The Morgan fingerprint density at radius 1 is 0.920 bits per heavy atom. The fraction of sp³-hybridized carbons (Fsp3) is 0.500. The van der Waals surface area contributed by atoms with Crippen LogP contribution in [0.15, 0.2) is 54.9 Å². The fourth-order valence-electron chi connectivity index (χ4n) is 5.82. The van der Waals surface area contributed by atoms with E-state index < -0.39 is 37.1 Å². The van der Waals surface area contributed by atoms with Crippen molar-refractivity contribution in [3.63, 3.8) is 0 Å². The van der Waals surface area contributed by atoms with Crippen LogP contribution in [0.5, 0.6) is 5.75 Å². The lowest BCUT2D eigenvalue weighted by molar-refractivity contribution is -0.113. The number of aliphatic hydroxyl groups is 5. The summed E-state index contributed by atoms with van der Waals surface area (Å²) in [7, 11) is 0. The number of unbranched alkanes of at least 4 members (excludes halogenated alkanes) is 2. The zero-order valence-electron chi connectivity index (χ0n) is 27.7. The number of urea groups is 1. The van der Waals surface area contributed by atoms with Crippen LogP contribution in [-0.2, 0) is 18.5 Å². The molecule has 14 heteroatoms. The van der Waals surface area contributed by atoms with Crippen LogP contribution in [0.1, 0.15) is 61.6 Å². The molecule has 0 radical (unpaired) electrons. The van der Waals surface area contributed by atoms with E-state index in [2.05, 4.69) is 33.1 Å². The summed E-state index contributed by atoms with van der Waals surface area (Å²) in [5.41, 5.74) is 5.04. The van der Waals surface area contributed by atoms with Gasteiger partial charge in [-0.3, -0.25) is 4.98 Å². The van der Waals surface area contributed by atoms with Gasteiger partial charge in [-0.15, -0.1) is 12.4 Å². The van der Waals surface area contributed by atoms with Crippen molar-refractivity contribution in [1.29, 1.82) is 0 Å². The van der Waals surface area contributed by atoms with Gasteiger partial charge in [0.1, 0.15) is 24.1 Å². The molecule has 4 atom stereocenters. The number of carbonyl (C=O) groups is 1. The summed E-state index contributed by atoms with van der Waals surface area (Å²) in [5.74, 6) is 0.907. The molecule has 50 heavy (non-hydrogen) atoms. The molecule has 2 aliphatic carbocycles. The third-order valence-corrected chi connectivity index (χ3v) is 9.82. The van der Waals surface area contributed by atoms with Gasteiger partial charge in [0.25, 0.3) is 0 Å². The SMILES string of the molecule is Cl.O=C(NCCCCCc1cc(Cl)c(CNC2(c3cnccc3-c3ccccc3OC3CC3)CC2)cc1Cl)NCC(O)C(O)C(O)C(O)CO. The molecule has 274 valence electrons. The number of para-hydroxylation sites is 1. The van der Waals surface area contributed by atoms with E-state index in [-0.39, 0.29) is 24.5 Å². The molecule has 11 nitrogen and oxygen atoms in total. The fourth-order valence-corrected chi connectivity index (χ4v) is 6.35. The number of hydrogen-bond donors (Lipinski definition) is 8. The molecular formula is C36H47Cl3N4O7. The summed E-state index contributed by atoms with van der Waals surface area (Å²) in [4.78, 5) is 16.5. The number of nitrogens with one attached hydrogen (secondary N) is 3. The average molecular weight is 754 g/mol. The van der Waals surface area contributed by atoms with Crippen LogP contribution >= 0.6 is 35.6 Å². The maximum Gasteiger partial charge on any atom is 0.314 e. The van der Waals surface area contributed by atoms with Gasteiger partial charge >= 0.3 is 6.03 Å². The number of nitrogens with zero attached hydrogens (tertiary/aromatic N) is 1. The van der Waals surface area contributed by atoms with Crippen LogP contribution in [0.3, 0.4) is 0 Å². The van der Waals surface area contributed by atoms with Crippen LogP contribution in [0.25, 0.3) is 11.1 Å². The van der Waals surface area contributed by atoms with E-state index in [4.69, 9.17) is 33.0 Å². The number of aromatic nitrogens is 1. The summed E-state index contributed by atoms with van der Waals surface area (Å²) >= 11 is 13.5. The van der Waals surface area contributed by atoms with E-state index in [1.807, 2.05) is 42.7 Å². The van der Waals surface area contributed by atoms with E-state index in [0.717, 1.165) is 78.5 Å². The molecule has 0 aliphatic heterocycles. The van der Waals surface area contributed by atoms with Gasteiger partial charge in [0, 0.05) is 53.2 Å². The summed E-state index contributed by atoms with van der Waals surface area (Å²) in [6, 6.07) is 13.6. The lowest BCUT2D eigenvalue weighted by atomic mass is 9.94. The lowest BCUT2D eigenvalue weighted by Crippen LogP contribution is -2.50. The molecule has 8 N–H and O–H groups in total. The number of halogens is 3. The summed E-state index contributed by atoms with van der Waals surface area (Å²) in [6.07, 6.45) is 4.77. The first-order chi connectivity index (χ1) is 23.6. The molecule has 2 fully saturated rings. The van der Waals surface area contributed by atoms with Crippen LogP contribution in [0, 0.1) is 0 Å². The Morgan fingerprint density at radius 2 is 1.62 bits per heavy atom. The van der Waals surface area contributed by atoms with Crippen molar-refractivity contribution in [1.82, 2.24) is 20.9 Å². The van der Waals surface area contributed by atoms with Gasteiger partial charge in [-0.05, 0) is 91.5 Å². The van der Waals surface area contributed by atoms with Gasteiger partial charge in [0.15, 0.2) is 0 Å². The summed E-state index contributed by atoms with van der Waals surface area (Å²) in [6.45, 7) is -0.163. The van der Waals surface area contributed by atoms with E-state index in [9.17, 15) is 25.2 Å². The van der Waals surface area contributed by atoms with Gasteiger partial charge in [0.05, 0.1) is 18.8 Å². The first kappa shape index (κ1) is 40.1. The molecule has 4 unspecified atom stereocenters. The molecule has 2 saturated carbocycles. The second-order valence-electron chi connectivity index (χ2n) is 13.0. The molecule has 2 aliphatic rings. The van der Waals surface area contributed by atoms with E-state index in [1.165, 1.54) is 0 Å². The number of amides is 2. The third-order valence-electron chi connectivity index (χ3n) is 9.12. The Labute approximate surface area is 308 Å². The molecule has 0 saturated heterocycles. The number of aliphatic hydroxyl groups excluding tert-OH is 5. The van der Waals surface area contributed by atoms with Gasteiger partial charge in [-0.2, -0.15) is 0 Å². The number of carbonyl (C=O) groups excluding carboxylic acids is 1. The van der Waals surface area contributed by atoms with E-state index in [0.29, 0.717) is 35.7 Å². The van der Waals surface area contributed by atoms with E-state index in [1.54, 1.807) is 0 Å². The van der Waals surface area contributed by atoms with Crippen molar-refractivity contribution in [2.45, 2.75) is 94.0 Å². The number of pyridine rings is 1. The Bertz CT molecular complexity index is 1560. The van der Waals surface area contributed by atoms with Crippen LogP contribution < -0.4 is 20.7 Å². The van der Waals surface area contributed by atoms with Gasteiger partial charge in [0.2, 0.25) is 0 Å². The second-order valence-corrected chi connectivity index (χ2v) is 13.8. The Kier molecular flexibility index (Phi) is 15.0. The topological polar surface area (TPSA) is 176 Å². The molecular weight excluding hydrogens is 707 g/mol. The standard InChI is InChI=1S/C36H46Cl2N4O7.ClH/c37-28-17-23(18-42-36(12-13-36)27-19-39-15-11-25(27)26-7-3-4-8-32(26)49-24-9-10-24)29(38)16-22(28)6-2-1-5-14-40-35(48)41-20-30(44)33(46)34(47)31(45)21-43;/h3-4,7-8,11,15-17,19,24,30-31,33-34,42-47H,1-2,5-6,9-10,12-14,18,20-21H2,(H2,40,41,48);1H. The van der Waals surface area contributed by atoms with Crippen molar-refractivity contribution in [3.8, 4) is 16.9 Å². The van der Waals surface area contributed by atoms with Crippen molar-refractivity contribution >= 4 is 41.6 Å². The average Bonchev–Trinajstić information content (AvgIpc) is 4.06. The first-order valence-corrected chi connectivity index (χ1v) is 17.6. The minimum Gasteiger partial charge on any atom is -0.490 e. The zero-order chi connectivity index (χ0) is 35.0.